The maximum Gasteiger partial charge on any atom is 0.238 e. The monoisotopic (exact) mass is 508 g/mol. The van der Waals surface area contributed by atoms with Crippen molar-refractivity contribution < 1.29 is 17.6 Å². The zero-order valence-electron chi connectivity index (χ0n) is 18.4. The van der Waals surface area contributed by atoms with Crippen LogP contribution in [0.25, 0.3) is 16.9 Å². The van der Waals surface area contributed by atoms with Crippen LogP contribution in [0.4, 0.5) is 4.39 Å². The van der Waals surface area contributed by atoms with E-state index in [1.807, 2.05) is 36.5 Å². The first kappa shape index (κ1) is 23.3. The fourth-order valence-electron chi connectivity index (χ4n) is 3.98. The van der Waals surface area contributed by atoms with E-state index in [1.54, 1.807) is 33.8 Å². The van der Waals surface area contributed by atoms with Gasteiger partial charge < -0.3 is 4.90 Å². The van der Waals surface area contributed by atoms with Crippen LogP contribution in [0.2, 0.25) is 0 Å². The standard InChI is InChI=1S/C25H21FN4O3S2/c26-19-10-8-18(9-11-19)24-22(15-30(28-24)20-4-2-1-3-5-20)25-29(23(31)16-34-25)14-17-6-12-21(13-7-17)35(27,32)33/h1-13,15,25H,14,16H2,(H2,27,32,33)/t25-/m0/s1. The van der Waals surface area contributed by atoms with Gasteiger partial charge in [-0.25, -0.2) is 22.6 Å². The van der Waals surface area contributed by atoms with Gasteiger partial charge in [0.05, 0.1) is 22.0 Å². The molecular formula is C25H21FN4O3S2. The highest BCUT2D eigenvalue weighted by molar-refractivity contribution is 8.00. The molecule has 0 unspecified atom stereocenters. The van der Waals surface area contributed by atoms with Crippen molar-refractivity contribution in [1.29, 1.82) is 0 Å². The number of carbonyl (C=O) groups excluding carboxylic acids is 1. The molecule has 0 radical (unpaired) electrons. The second kappa shape index (κ2) is 9.29. The number of hydrogen-bond acceptors (Lipinski definition) is 5. The van der Waals surface area contributed by atoms with Gasteiger partial charge in [0.15, 0.2) is 0 Å². The van der Waals surface area contributed by atoms with E-state index in [0.29, 0.717) is 18.0 Å². The smallest absolute Gasteiger partial charge is 0.238 e. The van der Waals surface area contributed by atoms with E-state index >= 15 is 0 Å². The summed E-state index contributed by atoms with van der Waals surface area (Å²) in [6.07, 6.45) is 1.90. The van der Waals surface area contributed by atoms with E-state index in [4.69, 9.17) is 10.2 Å². The quantitative estimate of drug-likeness (QED) is 0.423. The topological polar surface area (TPSA) is 98.3 Å². The maximum atomic E-state index is 13.6. The van der Waals surface area contributed by atoms with Crippen LogP contribution >= 0.6 is 11.8 Å². The molecule has 10 heteroatoms. The Morgan fingerprint density at radius 1 is 1.00 bits per heavy atom. The number of aromatic nitrogens is 2. The van der Waals surface area contributed by atoms with Gasteiger partial charge >= 0.3 is 0 Å². The molecule has 3 aromatic carbocycles. The summed E-state index contributed by atoms with van der Waals surface area (Å²) in [5, 5.41) is 9.66. The predicted molar refractivity (Wildman–Crippen MR) is 133 cm³/mol. The zero-order valence-corrected chi connectivity index (χ0v) is 20.0. The molecule has 1 fully saturated rings. The molecule has 1 aliphatic heterocycles. The molecule has 0 saturated carbocycles. The first-order chi connectivity index (χ1) is 16.8. The van der Waals surface area contributed by atoms with Crippen molar-refractivity contribution in [3.05, 3.63) is 102 Å². The van der Waals surface area contributed by atoms with Gasteiger partial charge in [0.25, 0.3) is 0 Å². The van der Waals surface area contributed by atoms with Gasteiger partial charge in [0.1, 0.15) is 11.2 Å². The van der Waals surface area contributed by atoms with Crippen LogP contribution in [0.1, 0.15) is 16.5 Å². The molecule has 4 aromatic rings. The lowest BCUT2D eigenvalue weighted by molar-refractivity contribution is -0.128. The Balaban J connectivity index is 1.53. The van der Waals surface area contributed by atoms with Gasteiger partial charge in [-0.15, -0.1) is 11.8 Å². The lowest BCUT2D eigenvalue weighted by Crippen LogP contribution is -2.27. The maximum absolute atomic E-state index is 13.6. The Morgan fingerprint density at radius 2 is 1.69 bits per heavy atom. The molecule has 7 nitrogen and oxygen atoms in total. The van der Waals surface area contributed by atoms with Gasteiger partial charge in [-0.3, -0.25) is 4.79 Å². The Bertz CT molecular complexity index is 1470. The minimum absolute atomic E-state index is 0.0163. The van der Waals surface area contributed by atoms with Crippen LogP contribution in [0, 0.1) is 5.82 Å². The summed E-state index contributed by atoms with van der Waals surface area (Å²) in [5.41, 5.74) is 3.88. The normalized spacial score (nSPS) is 16.1. The van der Waals surface area contributed by atoms with Gasteiger partial charge in [-0.05, 0) is 54.1 Å². The fraction of sp³-hybridized carbons (Fsp3) is 0.120. The number of nitrogens with zero attached hydrogens (tertiary/aromatic N) is 3. The first-order valence-electron chi connectivity index (χ1n) is 10.7. The Hall–Kier alpha value is -3.47. The van der Waals surface area contributed by atoms with Crippen molar-refractivity contribution in [3.63, 3.8) is 0 Å². The highest BCUT2D eigenvalue weighted by atomic mass is 32.2. The van der Waals surface area contributed by atoms with E-state index in [2.05, 4.69) is 0 Å². The molecule has 178 valence electrons. The largest absolute Gasteiger partial charge is 0.321 e. The van der Waals surface area contributed by atoms with Gasteiger partial charge in [0.2, 0.25) is 15.9 Å². The van der Waals surface area contributed by atoms with E-state index < -0.39 is 10.0 Å². The van der Waals surface area contributed by atoms with Gasteiger partial charge in [-0.2, -0.15) is 5.10 Å². The van der Waals surface area contributed by atoms with Crippen LogP contribution in [0.3, 0.4) is 0 Å². The van der Waals surface area contributed by atoms with Crippen molar-refractivity contribution in [2.45, 2.75) is 16.8 Å². The van der Waals surface area contributed by atoms with Crippen LogP contribution in [-0.2, 0) is 21.4 Å². The summed E-state index contributed by atoms with van der Waals surface area (Å²) in [7, 11) is -3.80. The highest BCUT2D eigenvalue weighted by Crippen LogP contribution is 2.43. The molecule has 5 rings (SSSR count). The highest BCUT2D eigenvalue weighted by Gasteiger charge is 2.36. The molecule has 2 heterocycles. The van der Waals surface area contributed by atoms with Crippen molar-refractivity contribution >= 4 is 27.7 Å². The molecule has 2 N–H and O–H groups in total. The number of nitrogens with two attached hydrogens (primary N) is 1. The summed E-state index contributed by atoms with van der Waals surface area (Å²) < 4.78 is 38.5. The first-order valence-corrected chi connectivity index (χ1v) is 13.3. The lowest BCUT2D eigenvalue weighted by Gasteiger charge is -2.24. The lowest BCUT2D eigenvalue weighted by atomic mass is 10.1. The number of amides is 1. The molecular weight excluding hydrogens is 487 g/mol. The SMILES string of the molecule is NS(=O)(=O)c1ccc(CN2C(=O)CS[C@H]2c2cn(-c3ccccc3)nc2-c2ccc(F)cc2)cc1. The van der Waals surface area contributed by atoms with E-state index in [1.165, 1.54) is 36.0 Å². The second-order valence-corrected chi connectivity index (χ2v) is 10.7. The summed E-state index contributed by atoms with van der Waals surface area (Å²) >= 11 is 1.49. The predicted octanol–water partition coefficient (Wildman–Crippen LogP) is 4.10. The number of hydrogen-bond donors (Lipinski definition) is 1. The van der Waals surface area contributed by atoms with Crippen LogP contribution < -0.4 is 5.14 Å². The molecule has 1 amide bonds. The van der Waals surface area contributed by atoms with E-state index in [0.717, 1.165) is 22.4 Å². The number of rotatable bonds is 6. The Kier molecular flexibility index (Phi) is 6.18. The van der Waals surface area contributed by atoms with E-state index in [9.17, 15) is 17.6 Å². The van der Waals surface area contributed by atoms with Crippen molar-refractivity contribution in [3.8, 4) is 16.9 Å². The number of halogens is 1. The third kappa shape index (κ3) is 4.86. The summed E-state index contributed by atoms with van der Waals surface area (Å²) in [4.78, 5) is 14.6. The number of sulfonamides is 1. The second-order valence-electron chi connectivity index (χ2n) is 8.09. The van der Waals surface area contributed by atoms with E-state index in [-0.39, 0.29) is 22.0 Å². The molecule has 1 atom stereocenters. The third-order valence-corrected chi connectivity index (χ3v) is 7.89. The van der Waals surface area contributed by atoms with Crippen LogP contribution in [-0.4, -0.2) is 34.8 Å². The Morgan fingerprint density at radius 3 is 2.34 bits per heavy atom. The zero-order chi connectivity index (χ0) is 24.6. The van der Waals surface area contributed by atoms with Crippen LogP contribution in [0.5, 0.6) is 0 Å². The minimum Gasteiger partial charge on any atom is -0.321 e. The molecule has 0 aliphatic carbocycles. The van der Waals surface area contributed by atoms with Crippen molar-refractivity contribution in [2.75, 3.05) is 5.75 Å². The number of thioether (sulfide) groups is 1. The molecule has 1 aliphatic rings. The molecule has 1 saturated heterocycles. The fourth-order valence-corrected chi connectivity index (χ4v) is 5.68. The van der Waals surface area contributed by atoms with Crippen molar-refractivity contribution in [1.82, 2.24) is 14.7 Å². The minimum atomic E-state index is -3.80. The summed E-state index contributed by atoms with van der Waals surface area (Å²) in [6, 6.07) is 21.9. The van der Waals surface area contributed by atoms with Crippen molar-refractivity contribution in [2.24, 2.45) is 5.14 Å². The third-order valence-electron chi connectivity index (χ3n) is 5.72. The Labute approximate surface area is 206 Å². The average Bonchev–Trinajstić information content (AvgIpc) is 3.44. The average molecular weight is 509 g/mol. The molecule has 1 aromatic heterocycles. The van der Waals surface area contributed by atoms with Crippen LogP contribution in [0.15, 0.2) is 90.0 Å². The van der Waals surface area contributed by atoms with Gasteiger partial charge in [-0.1, -0.05) is 30.3 Å². The number of para-hydroxylation sites is 1. The molecule has 0 bridgehead atoms. The van der Waals surface area contributed by atoms with Gasteiger partial charge in [0, 0.05) is 23.9 Å². The summed E-state index contributed by atoms with van der Waals surface area (Å²) in [6.45, 7) is 0.292. The number of primary sulfonamides is 1. The molecule has 35 heavy (non-hydrogen) atoms. The molecule has 0 spiro atoms. The number of carbonyl (C=O) groups is 1. The summed E-state index contributed by atoms with van der Waals surface area (Å²) in [5.74, 6) is -0.0694. The number of benzene rings is 3.